The summed E-state index contributed by atoms with van der Waals surface area (Å²) in [6.07, 6.45) is -0.515. The highest BCUT2D eigenvalue weighted by atomic mass is 16.5. The van der Waals surface area contributed by atoms with Gasteiger partial charge in [0.05, 0.1) is 0 Å². The molecule has 1 aromatic rings. The van der Waals surface area contributed by atoms with Gasteiger partial charge in [0.25, 0.3) is 5.91 Å². The Bertz CT molecular complexity index is 445. The van der Waals surface area contributed by atoms with Crippen LogP contribution >= 0.6 is 0 Å². The molecule has 6 heteroatoms. The van der Waals surface area contributed by atoms with Crippen molar-refractivity contribution in [1.82, 2.24) is 0 Å². The van der Waals surface area contributed by atoms with Gasteiger partial charge in [0.1, 0.15) is 11.3 Å². The first kappa shape index (κ1) is 12.8. The van der Waals surface area contributed by atoms with Gasteiger partial charge < -0.3 is 21.3 Å². The van der Waals surface area contributed by atoms with Crippen molar-refractivity contribution in [2.24, 2.45) is 5.73 Å². The van der Waals surface area contributed by atoms with Gasteiger partial charge in [-0.2, -0.15) is 0 Å². The lowest BCUT2D eigenvalue weighted by atomic mass is 10.1. The first-order valence-corrected chi connectivity index (χ1v) is 5.04. The number of carbonyl (C=O) groups is 2. The Morgan fingerprint density at radius 1 is 1.47 bits per heavy atom. The maximum Gasteiger partial charge on any atom is 0.339 e. The molecule has 1 aromatic carbocycles. The predicted molar refractivity (Wildman–Crippen MR) is 61.7 cm³/mol. The van der Waals surface area contributed by atoms with Gasteiger partial charge in [0.15, 0.2) is 6.10 Å². The molecule has 0 saturated carbocycles. The number of carboxylic acid groups (broad SMARTS) is 1. The van der Waals surface area contributed by atoms with Crippen molar-refractivity contribution in [3.8, 4) is 5.75 Å². The molecule has 0 aliphatic heterocycles. The molecule has 1 rings (SSSR count). The summed E-state index contributed by atoms with van der Waals surface area (Å²) in [6, 6.07) is 4.12. The van der Waals surface area contributed by atoms with Crippen LogP contribution in [0.25, 0.3) is 0 Å². The molecule has 0 bridgehead atoms. The molecule has 0 aliphatic carbocycles. The van der Waals surface area contributed by atoms with E-state index in [2.05, 4.69) is 0 Å². The minimum Gasteiger partial charge on any atom is -0.480 e. The second-order valence-electron chi connectivity index (χ2n) is 3.48. The zero-order chi connectivity index (χ0) is 13.0. The van der Waals surface area contributed by atoms with Crippen LogP contribution in [-0.2, 0) is 4.79 Å². The van der Waals surface area contributed by atoms with Crippen LogP contribution in [0.4, 0.5) is 5.69 Å². The summed E-state index contributed by atoms with van der Waals surface area (Å²) >= 11 is 0. The van der Waals surface area contributed by atoms with Crippen molar-refractivity contribution >= 4 is 17.6 Å². The molecule has 0 radical (unpaired) electrons. The SMILES string of the molecule is CCC(Oc1cc(N)ccc1C(=O)O)C(N)=O. The molecular formula is C11H14N2O4. The topological polar surface area (TPSA) is 116 Å². The molecule has 6 nitrogen and oxygen atoms in total. The van der Waals surface area contributed by atoms with Gasteiger partial charge in [-0.1, -0.05) is 6.92 Å². The Hall–Kier alpha value is -2.24. The van der Waals surface area contributed by atoms with Gasteiger partial charge in [0.2, 0.25) is 0 Å². The van der Waals surface area contributed by atoms with Gasteiger partial charge in [-0.25, -0.2) is 4.79 Å². The first-order chi connectivity index (χ1) is 7.95. The van der Waals surface area contributed by atoms with Crippen molar-refractivity contribution in [3.63, 3.8) is 0 Å². The fourth-order valence-electron chi connectivity index (χ4n) is 1.31. The second-order valence-corrected chi connectivity index (χ2v) is 3.48. The Kier molecular flexibility index (Phi) is 3.92. The highest BCUT2D eigenvalue weighted by molar-refractivity contribution is 5.91. The number of hydrogen-bond acceptors (Lipinski definition) is 4. The Balaban J connectivity index is 3.07. The molecule has 5 N–H and O–H groups in total. The molecule has 17 heavy (non-hydrogen) atoms. The quantitative estimate of drug-likeness (QED) is 0.650. The average molecular weight is 238 g/mol. The third kappa shape index (κ3) is 3.10. The van der Waals surface area contributed by atoms with Crippen LogP contribution in [0.2, 0.25) is 0 Å². The Morgan fingerprint density at radius 2 is 2.12 bits per heavy atom. The maximum atomic E-state index is 11.0. The number of nitrogens with two attached hydrogens (primary N) is 2. The summed E-state index contributed by atoms with van der Waals surface area (Å²) in [5.74, 6) is -1.76. The van der Waals surface area contributed by atoms with E-state index in [0.717, 1.165) is 0 Å². The Morgan fingerprint density at radius 3 is 2.59 bits per heavy atom. The van der Waals surface area contributed by atoms with Crippen molar-refractivity contribution in [1.29, 1.82) is 0 Å². The monoisotopic (exact) mass is 238 g/mol. The van der Waals surface area contributed by atoms with Crippen LogP contribution in [0, 0.1) is 0 Å². The summed E-state index contributed by atoms with van der Waals surface area (Å²) in [7, 11) is 0. The number of amides is 1. The molecule has 0 fully saturated rings. The van der Waals surface area contributed by atoms with Crippen LogP contribution in [0.1, 0.15) is 23.7 Å². The number of anilines is 1. The lowest BCUT2D eigenvalue weighted by molar-refractivity contribution is -0.124. The smallest absolute Gasteiger partial charge is 0.339 e. The van der Waals surface area contributed by atoms with Crippen molar-refractivity contribution < 1.29 is 19.4 Å². The minimum absolute atomic E-state index is 0.0446. The molecule has 0 heterocycles. The molecular weight excluding hydrogens is 224 g/mol. The first-order valence-electron chi connectivity index (χ1n) is 5.04. The Labute approximate surface area is 98.2 Å². The number of hydrogen-bond donors (Lipinski definition) is 3. The van der Waals surface area contributed by atoms with E-state index in [1.807, 2.05) is 0 Å². The van der Waals surface area contributed by atoms with Gasteiger partial charge >= 0.3 is 5.97 Å². The van der Waals surface area contributed by atoms with E-state index in [4.69, 9.17) is 21.3 Å². The largest absolute Gasteiger partial charge is 0.480 e. The fourth-order valence-corrected chi connectivity index (χ4v) is 1.31. The predicted octanol–water partition coefficient (Wildman–Crippen LogP) is 0.610. The highest BCUT2D eigenvalue weighted by Gasteiger charge is 2.19. The normalized spacial score (nSPS) is 11.8. The molecule has 92 valence electrons. The number of nitrogen functional groups attached to an aromatic ring is 1. The zero-order valence-corrected chi connectivity index (χ0v) is 9.34. The minimum atomic E-state index is -1.15. The molecule has 1 atom stereocenters. The molecule has 1 amide bonds. The second kappa shape index (κ2) is 5.20. The summed E-state index contributed by atoms with van der Waals surface area (Å²) < 4.78 is 5.26. The summed E-state index contributed by atoms with van der Waals surface area (Å²) in [5.41, 5.74) is 10.9. The molecule has 0 aromatic heterocycles. The van der Waals surface area contributed by atoms with Gasteiger partial charge in [-0.15, -0.1) is 0 Å². The van der Waals surface area contributed by atoms with E-state index in [0.29, 0.717) is 12.1 Å². The van der Waals surface area contributed by atoms with Crippen molar-refractivity contribution in [2.75, 3.05) is 5.73 Å². The van der Waals surface area contributed by atoms with E-state index in [-0.39, 0.29) is 11.3 Å². The van der Waals surface area contributed by atoms with Crippen LogP contribution in [0.3, 0.4) is 0 Å². The van der Waals surface area contributed by atoms with Crippen molar-refractivity contribution in [3.05, 3.63) is 23.8 Å². The van der Waals surface area contributed by atoms with Crippen LogP contribution in [0.15, 0.2) is 18.2 Å². The number of ether oxygens (including phenoxy) is 1. The highest BCUT2D eigenvalue weighted by Crippen LogP contribution is 2.23. The van der Waals surface area contributed by atoms with E-state index in [9.17, 15) is 9.59 Å². The number of benzene rings is 1. The zero-order valence-electron chi connectivity index (χ0n) is 9.34. The maximum absolute atomic E-state index is 11.0. The van der Waals surface area contributed by atoms with E-state index >= 15 is 0 Å². The number of aromatic carboxylic acids is 1. The molecule has 0 aliphatic rings. The van der Waals surface area contributed by atoms with E-state index < -0.39 is 18.0 Å². The van der Waals surface area contributed by atoms with Gasteiger partial charge in [-0.05, 0) is 18.6 Å². The van der Waals surface area contributed by atoms with Crippen LogP contribution in [-0.4, -0.2) is 23.1 Å². The number of carboxylic acids is 1. The number of primary amides is 1. The number of carbonyl (C=O) groups excluding carboxylic acids is 1. The fraction of sp³-hybridized carbons (Fsp3) is 0.273. The molecule has 0 saturated heterocycles. The third-order valence-corrected chi connectivity index (χ3v) is 2.19. The lowest BCUT2D eigenvalue weighted by Gasteiger charge is -2.16. The summed E-state index contributed by atoms with van der Waals surface area (Å²) in [4.78, 5) is 22.0. The van der Waals surface area contributed by atoms with Crippen LogP contribution < -0.4 is 16.2 Å². The molecule has 1 unspecified atom stereocenters. The van der Waals surface area contributed by atoms with Gasteiger partial charge in [-0.3, -0.25) is 4.79 Å². The third-order valence-electron chi connectivity index (χ3n) is 2.19. The standard InChI is InChI=1S/C11H14N2O4/c1-2-8(10(13)14)17-9-5-6(12)3-4-7(9)11(15)16/h3-5,8H,2,12H2,1H3,(H2,13,14)(H,15,16). The summed E-state index contributed by atoms with van der Waals surface area (Å²) in [6.45, 7) is 1.71. The molecule has 0 spiro atoms. The number of rotatable bonds is 5. The van der Waals surface area contributed by atoms with Gasteiger partial charge in [0, 0.05) is 11.8 Å². The summed E-state index contributed by atoms with van der Waals surface area (Å²) in [5, 5.41) is 8.94. The average Bonchev–Trinajstić information content (AvgIpc) is 2.25. The van der Waals surface area contributed by atoms with Crippen molar-refractivity contribution in [2.45, 2.75) is 19.4 Å². The lowest BCUT2D eigenvalue weighted by Crippen LogP contribution is -2.33. The van der Waals surface area contributed by atoms with E-state index in [1.54, 1.807) is 6.92 Å². The van der Waals surface area contributed by atoms with Crippen LogP contribution in [0.5, 0.6) is 5.75 Å². The van der Waals surface area contributed by atoms with E-state index in [1.165, 1.54) is 18.2 Å².